The first-order valence-corrected chi connectivity index (χ1v) is 3.62. The molecule has 0 aromatic heterocycles. The first kappa shape index (κ1) is 8.27. The molecular weight excluding hydrogens is 144 g/mol. The average Bonchev–Trinajstić information content (AvgIpc) is 2.69. The van der Waals surface area contributed by atoms with Crippen LogP contribution in [-0.4, -0.2) is 18.9 Å². The maximum atomic E-state index is 11.0. The van der Waals surface area contributed by atoms with E-state index in [1.54, 1.807) is 0 Å². The predicted octanol–water partition coefficient (Wildman–Crippen LogP) is 1.10. The highest BCUT2D eigenvalue weighted by atomic mass is 16.8. The minimum atomic E-state index is -0.345. The zero-order chi connectivity index (χ0) is 8.43. The summed E-state index contributed by atoms with van der Waals surface area (Å²) in [4.78, 5) is 11.0. The van der Waals surface area contributed by atoms with Gasteiger partial charge in [0.2, 0.25) is 6.29 Å². The predicted molar refractivity (Wildman–Crippen MR) is 39.8 cm³/mol. The van der Waals surface area contributed by atoms with Gasteiger partial charge in [0, 0.05) is 5.57 Å². The summed E-state index contributed by atoms with van der Waals surface area (Å²) in [5.74, 6) is -0.205. The van der Waals surface area contributed by atoms with Crippen molar-refractivity contribution in [3.8, 4) is 0 Å². The number of ether oxygens (including phenoxy) is 2. The number of carbonyl (C=O) groups is 1. The number of epoxide rings is 1. The Morgan fingerprint density at radius 1 is 1.73 bits per heavy atom. The van der Waals surface area contributed by atoms with Gasteiger partial charge in [-0.25, -0.2) is 4.79 Å². The molecule has 0 radical (unpaired) electrons. The van der Waals surface area contributed by atoms with Crippen LogP contribution in [0.1, 0.15) is 13.8 Å². The molecule has 1 heterocycles. The topological polar surface area (TPSA) is 38.8 Å². The fraction of sp³-hybridized carbons (Fsp3) is 0.625. The van der Waals surface area contributed by atoms with Gasteiger partial charge in [-0.2, -0.15) is 0 Å². The van der Waals surface area contributed by atoms with Crippen LogP contribution >= 0.6 is 0 Å². The van der Waals surface area contributed by atoms with Crippen molar-refractivity contribution in [1.29, 1.82) is 0 Å². The smallest absolute Gasteiger partial charge is 0.336 e. The third-order valence-electron chi connectivity index (χ3n) is 1.50. The van der Waals surface area contributed by atoms with Crippen LogP contribution in [0.3, 0.4) is 0 Å². The van der Waals surface area contributed by atoms with E-state index < -0.39 is 0 Å². The van der Waals surface area contributed by atoms with E-state index in [4.69, 9.17) is 9.47 Å². The molecule has 0 saturated carbocycles. The van der Waals surface area contributed by atoms with E-state index in [9.17, 15) is 4.79 Å². The molecule has 1 aliphatic heterocycles. The Morgan fingerprint density at radius 2 is 2.27 bits per heavy atom. The first-order chi connectivity index (χ1) is 5.11. The monoisotopic (exact) mass is 156 g/mol. The molecule has 0 bridgehead atoms. The minimum Gasteiger partial charge on any atom is -0.430 e. The van der Waals surface area contributed by atoms with Crippen LogP contribution in [-0.2, 0) is 14.3 Å². The van der Waals surface area contributed by atoms with Crippen LogP contribution in [0.5, 0.6) is 0 Å². The molecule has 0 spiro atoms. The molecule has 11 heavy (non-hydrogen) atoms. The van der Waals surface area contributed by atoms with Gasteiger partial charge in [-0.3, -0.25) is 0 Å². The Hall–Kier alpha value is -0.830. The lowest BCUT2D eigenvalue weighted by Gasteiger charge is -2.06. The van der Waals surface area contributed by atoms with E-state index in [1.807, 2.05) is 13.8 Å². The molecule has 1 aliphatic rings. The van der Waals surface area contributed by atoms with Crippen molar-refractivity contribution in [3.63, 3.8) is 0 Å². The Kier molecular flexibility index (Phi) is 2.29. The summed E-state index contributed by atoms with van der Waals surface area (Å²) in [6, 6.07) is 0. The number of carbonyl (C=O) groups excluding carboxylic acids is 1. The van der Waals surface area contributed by atoms with Gasteiger partial charge in [0.15, 0.2) is 0 Å². The van der Waals surface area contributed by atoms with Crippen molar-refractivity contribution in [3.05, 3.63) is 12.2 Å². The number of rotatable bonds is 3. The largest absolute Gasteiger partial charge is 0.430 e. The molecule has 3 nitrogen and oxygen atoms in total. The van der Waals surface area contributed by atoms with E-state index in [1.165, 1.54) is 0 Å². The third kappa shape index (κ3) is 2.35. The average molecular weight is 156 g/mol. The second kappa shape index (κ2) is 3.05. The van der Waals surface area contributed by atoms with Crippen LogP contribution in [0.25, 0.3) is 0 Å². The number of esters is 1. The summed E-state index contributed by atoms with van der Waals surface area (Å²) in [6.45, 7) is 7.93. The fourth-order valence-corrected chi connectivity index (χ4v) is 0.538. The molecule has 1 fully saturated rings. The van der Waals surface area contributed by atoms with E-state index in [0.717, 1.165) is 0 Å². The SMILES string of the molecule is C=C(C(=O)OC1CO1)C(C)C. The summed E-state index contributed by atoms with van der Waals surface area (Å²) >= 11 is 0. The molecule has 1 atom stereocenters. The fourth-order valence-electron chi connectivity index (χ4n) is 0.538. The van der Waals surface area contributed by atoms with Crippen LogP contribution in [0.15, 0.2) is 12.2 Å². The number of hydrogen-bond acceptors (Lipinski definition) is 3. The molecule has 1 saturated heterocycles. The first-order valence-electron chi connectivity index (χ1n) is 3.62. The highest BCUT2D eigenvalue weighted by molar-refractivity contribution is 5.88. The molecule has 1 rings (SSSR count). The summed E-state index contributed by atoms with van der Waals surface area (Å²) in [7, 11) is 0. The summed E-state index contributed by atoms with van der Waals surface area (Å²) in [6.07, 6.45) is -0.307. The standard InChI is InChI=1S/C8H12O3/c1-5(2)6(3)8(9)11-7-4-10-7/h5,7H,3-4H2,1-2H3. The second-order valence-corrected chi connectivity index (χ2v) is 2.85. The Bertz CT molecular complexity index is 180. The van der Waals surface area contributed by atoms with Gasteiger partial charge < -0.3 is 9.47 Å². The lowest BCUT2D eigenvalue weighted by atomic mass is 10.1. The summed E-state index contributed by atoms with van der Waals surface area (Å²) < 4.78 is 9.55. The van der Waals surface area contributed by atoms with Gasteiger partial charge in [0.25, 0.3) is 0 Å². The Morgan fingerprint density at radius 3 is 2.64 bits per heavy atom. The molecule has 0 aliphatic carbocycles. The molecule has 3 heteroatoms. The van der Waals surface area contributed by atoms with E-state index in [0.29, 0.717) is 12.2 Å². The third-order valence-corrected chi connectivity index (χ3v) is 1.50. The lowest BCUT2D eigenvalue weighted by Crippen LogP contribution is -2.12. The van der Waals surface area contributed by atoms with Crippen LogP contribution in [0.2, 0.25) is 0 Å². The van der Waals surface area contributed by atoms with Gasteiger partial charge >= 0.3 is 5.97 Å². The molecular formula is C8H12O3. The van der Waals surface area contributed by atoms with E-state index >= 15 is 0 Å². The van der Waals surface area contributed by atoms with Crippen molar-refractivity contribution in [2.45, 2.75) is 20.1 Å². The lowest BCUT2D eigenvalue weighted by molar-refractivity contribution is -0.144. The highest BCUT2D eigenvalue weighted by Gasteiger charge is 2.28. The van der Waals surface area contributed by atoms with Gasteiger partial charge in [0.05, 0.1) is 0 Å². The summed E-state index contributed by atoms with van der Waals surface area (Å²) in [5, 5.41) is 0. The van der Waals surface area contributed by atoms with Gasteiger partial charge in [-0.1, -0.05) is 20.4 Å². The van der Waals surface area contributed by atoms with Gasteiger partial charge in [0.1, 0.15) is 6.61 Å². The van der Waals surface area contributed by atoms with Crippen LogP contribution in [0.4, 0.5) is 0 Å². The van der Waals surface area contributed by atoms with Crippen molar-refractivity contribution < 1.29 is 14.3 Å². The van der Waals surface area contributed by atoms with Crippen molar-refractivity contribution in [2.24, 2.45) is 5.92 Å². The quantitative estimate of drug-likeness (QED) is 0.349. The maximum Gasteiger partial charge on any atom is 0.336 e. The minimum absolute atomic E-state index is 0.140. The normalized spacial score (nSPS) is 21.5. The Balaban J connectivity index is 2.33. The molecule has 0 aromatic rings. The molecule has 0 N–H and O–H groups in total. The van der Waals surface area contributed by atoms with E-state index in [-0.39, 0.29) is 18.2 Å². The summed E-state index contributed by atoms with van der Waals surface area (Å²) in [5.41, 5.74) is 0.500. The van der Waals surface area contributed by atoms with Crippen LogP contribution in [0, 0.1) is 5.92 Å². The van der Waals surface area contributed by atoms with E-state index in [2.05, 4.69) is 6.58 Å². The maximum absolute atomic E-state index is 11.0. The molecule has 0 aromatic carbocycles. The molecule has 62 valence electrons. The van der Waals surface area contributed by atoms with Crippen LogP contribution < -0.4 is 0 Å². The zero-order valence-electron chi connectivity index (χ0n) is 6.79. The Labute approximate surface area is 66.0 Å². The van der Waals surface area contributed by atoms with Crippen molar-refractivity contribution >= 4 is 5.97 Å². The van der Waals surface area contributed by atoms with Gasteiger partial charge in [-0.15, -0.1) is 0 Å². The molecule has 0 amide bonds. The highest BCUT2D eigenvalue weighted by Crippen LogP contribution is 2.15. The number of hydrogen-bond donors (Lipinski definition) is 0. The zero-order valence-corrected chi connectivity index (χ0v) is 6.79. The van der Waals surface area contributed by atoms with Crippen molar-refractivity contribution in [1.82, 2.24) is 0 Å². The van der Waals surface area contributed by atoms with Crippen molar-refractivity contribution in [2.75, 3.05) is 6.61 Å². The molecule has 1 unspecified atom stereocenters. The second-order valence-electron chi connectivity index (χ2n) is 2.85. The van der Waals surface area contributed by atoms with Gasteiger partial charge in [-0.05, 0) is 5.92 Å².